The standard InChI is InChI=1S/C13H15ClN2O2.ClH/c1-8(6-15)16-13(17)10-4-9-5-11(14)2-3-12(9)18-7-10;/h2-5,8H,6-7,15H2,1H3,(H,16,17);1H/t8-;/m0./s1. The fourth-order valence-corrected chi connectivity index (χ4v) is 1.84. The molecule has 104 valence electrons. The highest BCUT2D eigenvalue weighted by Gasteiger charge is 2.18. The number of fused-ring (bicyclic) bond motifs is 1. The molecule has 1 atom stereocenters. The molecule has 1 aliphatic heterocycles. The summed E-state index contributed by atoms with van der Waals surface area (Å²) in [6.07, 6.45) is 1.79. The van der Waals surface area contributed by atoms with Gasteiger partial charge in [0.25, 0.3) is 5.91 Å². The molecule has 19 heavy (non-hydrogen) atoms. The highest BCUT2D eigenvalue weighted by Crippen LogP contribution is 2.28. The van der Waals surface area contributed by atoms with E-state index in [1.807, 2.05) is 6.92 Å². The van der Waals surface area contributed by atoms with Gasteiger partial charge in [-0.05, 0) is 31.2 Å². The number of benzene rings is 1. The van der Waals surface area contributed by atoms with Crippen molar-refractivity contribution in [2.45, 2.75) is 13.0 Å². The van der Waals surface area contributed by atoms with Crippen molar-refractivity contribution in [3.8, 4) is 5.75 Å². The zero-order valence-electron chi connectivity index (χ0n) is 10.5. The van der Waals surface area contributed by atoms with E-state index in [1.165, 1.54) is 0 Å². The molecular weight excluding hydrogens is 287 g/mol. The lowest BCUT2D eigenvalue weighted by atomic mass is 10.1. The summed E-state index contributed by atoms with van der Waals surface area (Å²) in [6.45, 7) is 2.52. The van der Waals surface area contributed by atoms with Crippen LogP contribution in [0.2, 0.25) is 5.02 Å². The van der Waals surface area contributed by atoms with Crippen molar-refractivity contribution < 1.29 is 9.53 Å². The maximum atomic E-state index is 11.9. The highest BCUT2D eigenvalue weighted by atomic mass is 35.5. The number of nitrogens with two attached hydrogens (primary N) is 1. The van der Waals surface area contributed by atoms with Crippen LogP contribution in [0.3, 0.4) is 0 Å². The van der Waals surface area contributed by atoms with Gasteiger partial charge in [-0.3, -0.25) is 4.79 Å². The van der Waals surface area contributed by atoms with Gasteiger partial charge in [0, 0.05) is 23.2 Å². The van der Waals surface area contributed by atoms with Crippen LogP contribution >= 0.6 is 24.0 Å². The number of carbonyl (C=O) groups excluding carboxylic acids is 1. The fraction of sp³-hybridized carbons (Fsp3) is 0.308. The largest absolute Gasteiger partial charge is 0.488 e. The molecule has 0 saturated carbocycles. The number of amides is 1. The molecule has 0 fully saturated rings. The van der Waals surface area contributed by atoms with Crippen LogP contribution in [-0.4, -0.2) is 25.1 Å². The van der Waals surface area contributed by atoms with E-state index in [1.54, 1.807) is 24.3 Å². The lowest BCUT2D eigenvalue weighted by molar-refractivity contribution is -0.118. The van der Waals surface area contributed by atoms with Crippen LogP contribution in [0.15, 0.2) is 23.8 Å². The number of nitrogens with one attached hydrogen (secondary N) is 1. The summed E-state index contributed by atoms with van der Waals surface area (Å²) < 4.78 is 5.51. The topological polar surface area (TPSA) is 64.3 Å². The van der Waals surface area contributed by atoms with Crippen molar-refractivity contribution in [2.24, 2.45) is 5.73 Å². The Morgan fingerprint density at radius 2 is 2.32 bits per heavy atom. The number of hydrogen-bond donors (Lipinski definition) is 2. The van der Waals surface area contributed by atoms with Crippen LogP contribution < -0.4 is 15.8 Å². The van der Waals surface area contributed by atoms with E-state index in [9.17, 15) is 4.79 Å². The molecule has 3 N–H and O–H groups in total. The zero-order chi connectivity index (χ0) is 13.1. The minimum Gasteiger partial charge on any atom is -0.488 e. The Labute approximate surface area is 123 Å². The van der Waals surface area contributed by atoms with E-state index in [0.29, 0.717) is 17.1 Å². The van der Waals surface area contributed by atoms with Gasteiger partial charge >= 0.3 is 0 Å². The number of rotatable bonds is 3. The van der Waals surface area contributed by atoms with Crippen molar-refractivity contribution in [3.63, 3.8) is 0 Å². The van der Waals surface area contributed by atoms with Crippen LogP contribution in [0, 0.1) is 0 Å². The molecule has 1 heterocycles. The number of halogens is 2. The summed E-state index contributed by atoms with van der Waals surface area (Å²) in [6, 6.07) is 5.27. The van der Waals surface area contributed by atoms with Crippen LogP contribution in [-0.2, 0) is 4.79 Å². The maximum absolute atomic E-state index is 11.9. The molecule has 0 spiro atoms. The van der Waals surface area contributed by atoms with Crippen LogP contribution in [0.5, 0.6) is 5.75 Å². The average Bonchev–Trinajstić information content (AvgIpc) is 2.37. The number of hydrogen-bond acceptors (Lipinski definition) is 3. The summed E-state index contributed by atoms with van der Waals surface area (Å²) in [5.41, 5.74) is 6.86. The van der Waals surface area contributed by atoms with Gasteiger partial charge in [0.1, 0.15) is 12.4 Å². The third-order valence-corrected chi connectivity index (χ3v) is 2.94. The van der Waals surface area contributed by atoms with Crippen molar-refractivity contribution in [3.05, 3.63) is 34.4 Å². The van der Waals surface area contributed by atoms with Crippen LogP contribution in [0.4, 0.5) is 0 Å². The fourth-order valence-electron chi connectivity index (χ4n) is 1.65. The molecular formula is C13H16Cl2N2O2. The molecule has 0 aromatic heterocycles. The Kier molecular flexibility index (Phi) is 5.66. The molecule has 6 heteroatoms. The Hall–Kier alpha value is -1.23. The van der Waals surface area contributed by atoms with Gasteiger partial charge < -0.3 is 15.8 Å². The molecule has 0 bridgehead atoms. The zero-order valence-corrected chi connectivity index (χ0v) is 12.1. The van der Waals surface area contributed by atoms with Crippen molar-refractivity contribution >= 4 is 36.0 Å². The van der Waals surface area contributed by atoms with E-state index >= 15 is 0 Å². The van der Waals surface area contributed by atoms with Gasteiger partial charge in [0.15, 0.2) is 0 Å². The van der Waals surface area contributed by atoms with Crippen LogP contribution in [0.1, 0.15) is 12.5 Å². The maximum Gasteiger partial charge on any atom is 0.250 e. The van der Waals surface area contributed by atoms with E-state index in [2.05, 4.69) is 5.32 Å². The molecule has 1 aliphatic rings. The Morgan fingerprint density at radius 1 is 1.58 bits per heavy atom. The van der Waals surface area contributed by atoms with Gasteiger partial charge in [-0.2, -0.15) is 0 Å². The third-order valence-electron chi connectivity index (χ3n) is 2.71. The van der Waals surface area contributed by atoms with Gasteiger partial charge in [-0.1, -0.05) is 11.6 Å². The number of carbonyl (C=O) groups is 1. The first-order valence-corrected chi connectivity index (χ1v) is 6.12. The summed E-state index contributed by atoms with van der Waals surface area (Å²) in [7, 11) is 0. The third kappa shape index (κ3) is 3.86. The Balaban J connectivity index is 0.00000180. The highest BCUT2D eigenvalue weighted by molar-refractivity contribution is 6.30. The quantitative estimate of drug-likeness (QED) is 0.897. The average molecular weight is 303 g/mol. The van der Waals surface area contributed by atoms with Crippen molar-refractivity contribution in [1.29, 1.82) is 0 Å². The van der Waals surface area contributed by atoms with Crippen LogP contribution in [0.25, 0.3) is 6.08 Å². The lowest BCUT2D eigenvalue weighted by Gasteiger charge is -2.19. The second-order valence-corrected chi connectivity index (χ2v) is 4.69. The summed E-state index contributed by atoms with van der Waals surface area (Å²) in [5, 5.41) is 3.42. The summed E-state index contributed by atoms with van der Waals surface area (Å²) >= 11 is 5.91. The van der Waals surface area contributed by atoms with Gasteiger partial charge in [0.2, 0.25) is 0 Å². The Bertz CT molecular complexity index is 503. The van der Waals surface area contributed by atoms with E-state index in [-0.39, 0.29) is 31.0 Å². The molecule has 1 aromatic rings. The van der Waals surface area contributed by atoms with Gasteiger partial charge in [-0.25, -0.2) is 0 Å². The SMILES string of the molecule is C[C@@H](CN)NC(=O)C1=Cc2cc(Cl)ccc2OC1.Cl. The van der Waals surface area contributed by atoms with E-state index in [0.717, 1.165) is 11.3 Å². The predicted octanol–water partition coefficient (Wildman–Crippen LogP) is 2.00. The first kappa shape index (κ1) is 15.8. The minimum atomic E-state index is -0.154. The normalized spacial score (nSPS) is 14.4. The molecule has 4 nitrogen and oxygen atoms in total. The van der Waals surface area contributed by atoms with E-state index < -0.39 is 0 Å². The summed E-state index contributed by atoms with van der Waals surface area (Å²) in [5.74, 6) is 0.585. The van der Waals surface area contributed by atoms with Crippen molar-refractivity contribution in [1.82, 2.24) is 5.32 Å². The van der Waals surface area contributed by atoms with Crippen molar-refractivity contribution in [2.75, 3.05) is 13.2 Å². The molecule has 0 radical (unpaired) electrons. The van der Waals surface area contributed by atoms with Gasteiger partial charge in [-0.15, -0.1) is 12.4 Å². The molecule has 2 rings (SSSR count). The molecule has 1 aromatic carbocycles. The first-order chi connectivity index (χ1) is 8.60. The Morgan fingerprint density at radius 3 is 3.00 bits per heavy atom. The van der Waals surface area contributed by atoms with E-state index in [4.69, 9.17) is 22.1 Å². The number of ether oxygens (including phenoxy) is 1. The first-order valence-electron chi connectivity index (χ1n) is 5.74. The molecule has 1 amide bonds. The lowest BCUT2D eigenvalue weighted by Crippen LogP contribution is -2.39. The molecule has 0 unspecified atom stereocenters. The summed E-state index contributed by atoms with van der Waals surface area (Å²) in [4.78, 5) is 11.9. The molecule has 0 saturated heterocycles. The second-order valence-electron chi connectivity index (χ2n) is 4.25. The second kappa shape index (κ2) is 6.80. The minimum absolute atomic E-state index is 0. The predicted molar refractivity (Wildman–Crippen MR) is 78.8 cm³/mol. The van der Waals surface area contributed by atoms with Gasteiger partial charge in [0.05, 0.1) is 5.57 Å². The monoisotopic (exact) mass is 302 g/mol. The smallest absolute Gasteiger partial charge is 0.250 e. The molecule has 0 aliphatic carbocycles.